The molecule has 2 aromatic heterocycles. The van der Waals surface area contributed by atoms with Crippen LogP contribution in [0.25, 0.3) is 5.69 Å². The predicted octanol–water partition coefficient (Wildman–Crippen LogP) is 3.64. The molecular weight excluding hydrogens is 328 g/mol. The topological polar surface area (TPSA) is 24.3 Å². The smallest absolute Gasteiger partial charge is 0.0649 e. The fraction of sp³-hybridized carbons (Fsp3) is 0.350. The lowest BCUT2D eigenvalue weighted by Gasteiger charge is -2.21. The van der Waals surface area contributed by atoms with Gasteiger partial charge in [0.2, 0.25) is 0 Å². The first-order chi connectivity index (χ1) is 12.4. The molecule has 0 unspecified atom stereocenters. The summed E-state index contributed by atoms with van der Waals surface area (Å²) in [6.45, 7) is 6.64. The molecule has 0 amide bonds. The molecular formula is C20H24N4S. The summed E-state index contributed by atoms with van der Waals surface area (Å²) < 4.78 is 2.06. The van der Waals surface area contributed by atoms with Crippen molar-refractivity contribution < 1.29 is 0 Å². The SMILES string of the molecule is c1ccc(-n2nccc2CN2CCCN(Cc3cccs3)CC2)cc1. The van der Waals surface area contributed by atoms with E-state index in [1.54, 1.807) is 0 Å². The van der Waals surface area contributed by atoms with E-state index in [9.17, 15) is 0 Å². The number of aromatic nitrogens is 2. The second-order valence-corrected chi connectivity index (χ2v) is 7.59. The minimum atomic E-state index is 0.960. The number of hydrogen-bond donors (Lipinski definition) is 0. The number of nitrogens with zero attached hydrogens (tertiary/aromatic N) is 4. The second kappa shape index (κ2) is 7.95. The molecule has 0 spiro atoms. The van der Waals surface area contributed by atoms with Crippen LogP contribution in [0.1, 0.15) is 17.0 Å². The zero-order valence-corrected chi connectivity index (χ0v) is 15.2. The monoisotopic (exact) mass is 352 g/mol. The molecule has 0 N–H and O–H groups in total. The summed E-state index contributed by atoms with van der Waals surface area (Å²) >= 11 is 1.86. The number of thiophene rings is 1. The van der Waals surface area contributed by atoms with Gasteiger partial charge in [0.1, 0.15) is 0 Å². The van der Waals surface area contributed by atoms with E-state index in [4.69, 9.17) is 0 Å². The molecule has 130 valence electrons. The Morgan fingerprint density at radius 2 is 1.64 bits per heavy atom. The van der Waals surface area contributed by atoms with Gasteiger partial charge in [-0.05, 0) is 49.2 Å². The highest BCUT2D eigenvalue weighted by Gasteiger charge is 2.17. The Hall–Kier alpha value is -1.95. The third kappa shape index (κ3) is 4.18. The van der Waals surface area contributed by atoms with Crippen LogP contribution in [0.2, 0.25) is 0 Å². The molecule has 1 aliphatic heterocycles. The quantitative estimate of drug-likeness (QED) is 0.701. The van der Waals surface area contributed by atoms with E-state index in [1.165, 1.54) is 23.5 Å². The lowest BCUT2D eigenvalue weighted by atomic mass is 10.3. The van der Waals surface area contributed by atoms with Crippen LogP contribution in [0, 0.1) is 0 Å². The van der Waals surface area contributed by atoms with Gasteiger partial charge in [0.25, 0.3) is 0 Å². The largest absolute Gasteiger partial charge is 0.297 e. The highest BCUT2D eigenvalue weighted by atomic mass is 32.1. The van der Waals surface area contributed by atoms with E-state index in [1.807, 2.05) is 23.6 Å². The second-order valence-electron chi connectivity index (χ2n) is 6.56. The summed E-state index contributed by atoms with van der Waals surface area (Å²) in [7, 11) is 0. The fourth-order valence-electron chi connectivity index (χ4n) is 3.44. The number of benzene rings is 1. The van der Waals surface area contributed by atoms with Crippen molar-refractivity contribution in [1.29, 1.82) is 0 Å². The predicted molar refractivity (Wildman–Crippen MR) is 103 cm³/mol. The average molecular weight is 353 g/mol. The molecule has 0 radical (unpaired) electrons. The van der Waals surface area contributed by atoms with Gasteiger partial charge in [0, 0.05) is 37.3 Å². The van der Waals surface area contributed by atoms with Crippen LogP contribution >= 0.6 is 11.3 Å². The summed E-state index contributed by atoms with van der Waals surface area (Å²) in [6, 6.07) is 16.9. The third-order valence-electron chi connectivity index (χ3n) is 4.75. The van der Waals surface area contributed by atoms with Crippen LogP contribution in [0.5, 0.6) is 0 Å². The van der Waals surface area contributed by atoms with Crippen molar-refractivity contribution in [3.05, 3.63) is 70.7 Å². The Morgan fingerprint density at radius 3 is 2.40 bits per heavy atom. The van der Waals surface area contributed by atoms with Gasteiger partial charge in [-0.15, -0.1) is 11.3 Å². The Morgan fingerprint density at radius 1 is 0.840 bits per heavy atom. The van der Waals surface area contributed by atoms with Crippen LogP contribution < -0.4 is 0 Å². The van der Waals surface area contributed by atoms with Gasteiger partial charge in [-0.3, -0.25) is 9.80 Å². The molecule has 0 atom stereocenters. The maximum absolute atomic E-state index is 4.52. The van der Waals surface area contributed by atoms with Crippen LogP contribution in [-0.4, -0.2) is 45.8 Å². The third-order valence-corrected chi connectivity index (χ3v) is 5.61. The Balaban J connectivity index is 1.38. The molecule has 3 aromatic rings. The van der Waals surface area contributed by atoms with Crippen LogP contribution in [0.3, 0.4) is 0 Å². The van der Waals surface area contributed by atoms with E-state index in [0.717, 1.165) is 38.4 Å². The Bertz CT molecular complexity index is 766. The molecule has 1 fully saturated rings. The first-order valence-corrected chi connectivity index (χ1v) is 9.82. The molecule has 0 saturated carbocycles. The lowest BCUT2D eigenvalue weighted by molar-refractivity contribution is 0.245. The van der Waals surface area contributed by atoms with Crippen molar-refractivity contribution in [2.45, 2.75) is 19.5 Å². The van der Waals surface area contributed by atoms with Crippen molar-refractivity contribution in [3.8, 4) is 5.69 Å². The molecule has 0 bridgehead atoms. The first-order valence-electron chi connectivity index (χ1n) is 8.94. The van der Waals surface area contributed by atoms with Crippen LogP contribution in [0.15, 0.2) is 60.1 Å². The maximum atomic E-state index is 4.52. The summed E-state index contributed by atoms with van der Waals surface area (Å²) in [5.41, 5.74) is 2.40. The zero-order chi connectivity index (χ0) is 16.9. The van der Waals surface area contributed by atoms with Crippen molar-refractivity contribution in [3.63, 3.8) is 0 Å². The van der Waals surface area contributed by atoms with Gasteiger partial charge in [0.15, 0.2) is 0 Å². The van der Waals surface area contributed by atoms with E-state index >= 15 is 0 Å². The summed E-state index contributed by atoms with van der Waals surface area (Å²) in [6.07, 6.45) is 3.13. The number of rotatable bonds is 5. The van der Waals surface area contributed by atoms with Gasteiger partial charge >= 0.3 is 0 Å². The normalized spacial score (nSPS) is 16.8. The Kier molecular flexibility index (Phi) is 5.25. The minimum absolute atomic E-state index is 0.960. The lowest BCUT2D eigenvalue weighted by Crippen LogP contribution is -2.30. The standard InChI is InChI=1S/C20H24N4S/c1-2-6-18(7-3-1)24-19(9-10-21-24)16-22-11-5-12-23(14-13-22)17-20-8-4-15-25-20/h1-4,6-10,15H,5,11-14,16-17H2. The van der Waals surface area contributed by atoms with Gasteiger partial charge in [-0.2, -0.15) is 5.10 Å². The maximum Gasteiger partial charge on any atom is 0.0649 e. The summed E-state index contributed by atoms with van der Waals surface area (Å²) in [5, 5.41) is 6.69. The van der Waals surface area contributed by atoms with Gasteiger partial charge < -0.3 is 0 Å². The van der Waals surface area contributed by atoms with E-state index in [-0.39, 0.29) is 0 Å². The molecule has 5 heteroatoms. The molecule has 3 heterocycles. The number of para-hydroxylation sites is 1. The van der Waals surface area contributed by atoms with Crippen molar-refractivity contribution >= 4 is 11.3 Å². The van der Waals surface area contributed by atoms with E-state index < -0.39 is 0 Å². The van der Waals surface area contributed by atoms with Gasteiger partial charge in [-0.25, -0.2) is 4.68 Å². The van der Waals surface area contributed by atoms with Gasteiger partial charge in [-0.1, -0.05) is 24.3 Å². The fourth-order valence-corrected chi connectivity index (χ4v) is 4.19. The van der Waals surface area contributed by atoms with Gasteiger partial charge in [0.05, 0.1) is 11.4 Å². The first kappa shape index (κ1) is 16.5. The number of hydrogen-bond acceptors (Lipinski definition) is 4. The van der Waals surface area contributed by atoms with Crippen LogP contribution in [-0.2, 0) is 13.1 Å². The zero-order valence-electron chi connectivity index (χ0n) is 14.4. The molecule has 1 aromatic carbocycles. The highest BCUT2D eigenvalue weighted by Crippen LogP contribution is 2.16. The minimum Gasteiger partial charge on any atom is -0.297 e. The van der Waals surface area contributed by atoms with Crippen LogP contribution in [0.4, 0.5) is 0 Å². The Labute approximate surface area is 153 Å². The molecule has 4 nitrogen and oxygen atoms in total. The molecule has 1 aliphatic rings. The molecule has 25 heavy (non-hydrogen) atoms. The molecule has 0 aliphatic carbocycles. The van der Waals surface area contributed by atoms with Crippen molar-refractivity contribution in [2.75, 3.05) is 26.2 Å². The van der Waals surface area contributed by atoms with Crippen molar-refractivity contribution in [2.24, 2.45) is 0 Å². The summed E-state index contributed by atoms with van der Waals surface area (Å²) in [5.74, 6) is 0. The molecule has 4 rings (SSSR count). The van der Waals surface area contributed by atoms with E-state index in [2.05, 4.69) is 67.4 Å². The average Bonchev–Trinajstić information content (AvgIpc) is 3.26. The van der Waals surface area contributed by atoms with E-state index in [0.29, 0.717) is 0 Å². The van der Waals surface area contributed by atoms with Crippen molar-refractivity contribution in [1.82, 2.24) is 19.6 Å². The summed E-state index contributed by atoms with van der Waals surface area (Å²) in [4.78, 5) is 6.61. The molecule has 1 saturated heterocycles. The highest BCUT2D eigenvalue weighted by molar-refractivity contribution is 7.09.